The van der Waals surface area contributed by atoms with E-state index in [0.29, 0.717) is 19.3 Å². The lowest BCUT2D eigenvalue weighted by atomic mass is 10.1. The Labute approximate surface area is 429 Å². The second-order valence-electron chi connectivity index (χ2n) is 17.4. The number of hydrogen-bond acceptors (Lipinski definition) is 6. The highest BCUT2D eigenvalue weighted by Gasteiger charge is 2.19. The van der Waals surface area contributed by atoms with Crippen molar-refractivity contribution in [3.63, 3.8) is 0 Å². The summed E-state index contributed by atoms with van der Waals surface area (Å²) in [5.74, 6) is -1.01. The Balaban J connectivity index is 4.36. The van der Waals surface area contributed by atoms with E-state index in [9.17, 15) is 14.4 Å². The number of unbranched alkanes of at least 4 members (excludes halogenated alkanes) is 10. The number of ether oxygens (including phenoxy) is 3. The number of esters is 3. The maximum atomic E-state index is 12.8. The number of rotatable bonds is 47. The van der Waals surface area contributed by atoms with Crippen LogP contribution in [0, 0.1) is 0 Å². The lowest BCUT2D eigenvalue weighted by Gasteiger charge is -2.18. The van der Waals surface area contributed by atoms with E-state index in [0.717, 1.165) is 135 Å². The summed E-state index contributed by atoms with van der Waals surface area (Å²) in [6, 6.07) is 0. The molecule has 0 radical (unpaired) electrons. The molecule has 0 heterocycles. The second kappa shape index (κ2) is 56.6. The average Bonchev–Trinajstić information content (AvgIpc) is 3.36. The third-order valence-corrected chi connectivity index (χ3v) is 10.8. The lowest BCUT2D eigenvalue weighted by Crippen LogP contribution is -2.30. The molecular formula is C64H98O6. The molecular weight excluding hydrogens is 865 g/mol. The van der Waals surface area contributed by atoms with Gasteiger partial charge in [-0.25, -0.2) is 0 Å². The minimum absolute atomic E-state index is 0.113. The first kappa shape index (κ1) is 65.0. The number of carbonyl (C=O) groups is 3. The van der Waals surface area contributed by atoms with Crippen molar-refractivity contribution in [2.45, 2.75) is 213 Å². The zero-order valence-electron chi connectivity index (χ0n) is 44.5. The van der Waals surface area contributed by atoms with Crippen molar-refractivity contribution in [2.75, 3.05) is 13.2 Å². The van der Waals surface area contributed by atoms with Gasteiger partial charge in [-0.15, -0.1) is 0 Å². The molecule has 70 heavy (non-hydrogen) atoms. The van der Waals surface area contributed by atoms with Gasteiger partial charge in [-0.2, -0.15) is 0 Å². The molecule has 0 saturated heterocycles. The van der Waals surface area contributed by atoms with Crippen LogP contribution in [-0.4, -0.2) is 37.2 Å². The number of hydrogen-bond donors (Lipinski definition) is 0. The minimum Gasteiger partial charge on any atom is -0.462 e. The Hall–Kier alpha value is -4.97. The van der Waals surface area contributed by atoms with Gasteiger partial charge in [-0.1, -0.05) is 217 Å². The SMILES string of the molecule is CC/C=C\C/C=C\C/C=C\C/C=C\C/C=C\C/C=C\C/C=C\C/C=C\CCCCC(=O)OCC(COC(=O)CCCCCCCC)OC(=O)CCCCC/C=C\C/C=C\C/C=C\C/C=C\C/C=C\CC. The molecule has 0 N–H and O–H groups in total. The quantitative estimate of drug-likeness (QED) is 0.0262. The van der Waals surface area contributed by atoms with Crippen LogP contribution in [0.25, 0.3) is 0 Å². The molecule has 6 heteroatoms. The third-order valence-electron chi connectivity index (χ3n) is 10.8. The minimum atomic E-state index is -0.818. The predicted molar refractivity (Wildman–Crippen MR) is 302 cm³/mol. The van der Waals surface area contributed by atoms with Crippen molar-refractivity contribution in [1.29, 1.82) is 0 Å². The number of carbonyl (C=O) groups excluding carboxylic acids is 3. The van der Waals surface area contributed by atoms with E-state index >= 15 is 0 Å². The molecule has 1 atom stereocenters. The first-order valence-corrected chi connectivity index (χ1v) is 27.5. The predicted octanol–water partition coefficient (Wildman–Crippen LogP) is 18.6. The molecule has 390 valence electrons. The second-order valence-corrected chi connectivity index (χ2v) is 17.4. The van der Waals surface area contributed by atoms with Crippen molar-refractivity contribution in [3.8, 4) is 0 Å². The summed E-state index contributed by atoms with van der Waals surface area (Å²) < 4.78 is 16.7. The van der Waals surface area contributed by atoms with Crippen molar-refractivity contribution >= 4 is 17.9 Å². The molecule has 1 unspecified atom stereocenters. The van der Waals surface area contributed by atoms with Gasteiger partial charge < -0.3 is 14.2 Å². The standard InChI is InChI=1S/C64H98O6/c1-4-7-10-13-16-18-20-22-24-26-28-29-30-31-32-33-34-35-37-38-40-42-44-46-48-51-54-57-63(66)69-60-61(59-68-62(65)56-53-50-15-12-9-6-3)70-64(67)58-55-52-49-47-45-43-41-39-36-27-25-23-21-19-17-14-11-8-5-2/h7-8,10-11,16-19,22-25,28-29,31-32,34-36,38-40,43-46,61H,4-6,9,12-15,20-21,26-27,30,33,37,41-42,47-60H2,1-3H3/b10-7-,11-8-,18-16-,19-17-,24-22-,25-23-,29-28-,32-31-,35-34-,39-36-,40-38-,45-43-,46-44-. The van der Waals surface area contributed by atoms with Crippen LogP contribution in [0.5, 0.6) is 0 Å². The molecule has 6 nitrogen and oxygen atoms in total. The Morgan fingerprint density at radius 3 is 0.900 bits per heavy atom. The summed E-state index contributed by atoms with van der Waals surface area (Å²) in [7, 11) is 0. The molecule has 0 spiro atoms. The van der Waals surface area contributed by atoms with E-state index in [-0.39, 0.29) is 44.0 Å². The largest absolute Gasteiger partial charge is 0.462 e. The highest BCUT2D eigenvalue weighted by atomic mass is 16.6. The summed E-state index contributed by atoms with van der Waals surface area (Å²) in [6.07, 6.45) is 82.6. The smallest absolute Gasteiger partial charge is 0.306 e. The Bertz CT molecular complexity index is 1620. The highest BCUT2D eigenvalue weighted by Crippen LogP contribution is 2.11. The summed E-state index contributed by atoms with van der Waals surface area (Å²) in [6.45, 7) is 6.26. The van der Waals surface area contributed by atoms with Crippen LogP contribution < -0.4 is 0 Å². The molecule has 0 aliphatic rings. The van der Waals surface area contributed by atoms with E-state index in [4.69, 9.17) is 14.2 Å². The van der Waals surface area contributed by atoms with Crippen LogP contribution in [0.2, 0.25) is 0 Å². The molecule has 0 rings (SSSR count). The van der Waals surface area contributed by atoms with E-state index in [2.05, 4.69) is 179 Å². The number of allylic oxidation sites excluding steroid dienone is 26. The summed E-state index contributed by atoms with van der Waals surface area (Å²) in [4.78, 5) is 37.8. The molecule has 0 aromatic rings. The van der Waals surface area contributed by atoms with E-state index in [1.807, 2.05) is 0 Å². The maximum Gasteiger partial charge on any atom is 0.306 e. The van der Waals surface area contributed by atoms with Gasteiger partial charge in [-0.3, -0.25) is 14.4 Å². The van der Waals surface area contributed by atoms with Gasteiger partial charge in [0, 0.05) is 19.3 Å². The van der Waals surface area contributed by atoms with Crippen LogP contribution in [0.1, 0.15) is 207 Å². The Morgan fingerprint density at radius 2 is 0.557 bits per heavy atom. The van der Waals surface area contributed by atoms with Crippen molar-refractivity contribution in [3.05, 3.63) is 158 Å². The van der Waals surface area contributed by atoms with Gasteiger partial charge >= 0.3 is 17.9 Å². The van der Waals surface area contributed by atoms with Gasteiger partial charge in [0.1, 0.15) is 13.2 Å². The molecule has 0 aliphatic carbocycles. The zero-order chi connectivity index (χ0) is 50.7. The molecule has 0 amide bonds. The molecule has 0 bridgehead atoms. The van der Waals surface area contributed by atoms with Gasteiger partial charge in [-0.05, 0) is 128 Å². The monoisotopic (exact) mass is 963 g/mol. The summed E-state index contributed by atoms with van der Waals surface area (Å²) in [5, 5.41) is 0. The third kappa shape index (κ3) is 54.0. The normalized spacial score (nSPS) is 13.4. The van der Waals surface area contributed by atoms with Crippen LogP contribution in [0.4, 0.5) is 0 Å². The Morgan fingerprint density at radius 1 is 0.300 bits per heavy atom. The van der Waals surface area contributed by atoms with Gasteiger partial charge in [0.15, 0.2) is 6.10 Å². The lowest BCUT2D eigenvalue weighted by molar-refractivity contribution is -0.167. The van der Waals surface area contributed by atoms with Gasteiger partial charge in [0.2, 0.25) is 0 Å². The van der Waals surface area contributed by atoms with Crippen molar-refractivity contribution < 1.29 is 28.6 Å². The van der Waals surface area contributed by atoms with Crippen molar-refractivity contribution in [2.24, 2.45) is 0 Å². The summed E-state index contributed by atoms with van der Waals surface area (Å²) in [5.41, 5.74) is 0. The van der Waals surface area contributed by atoms with E-state index in [1.54, 1.807) is 0 Å². The molecule has 0 aliphatic heterocycles. The maximum absolute atomic E-state index is 12.8. The Kier molecular flexibility index (Phi) is 52.6. The van der Waals surface area contributed by atoms with Gasteiger partial charge in [0.05, 0.1) is 0 Å². The molecule has 0 saturated carbocycles. The van der Waals surface area contributed by atoms with E-state index < -0.39 is 6.10 Å². The van der Waals surface area contributed by atoms with Crippen LogP contribution in [-0.2, 0) is 28.6 Å². The first-order valence-electron chi connectivity index (χ1n) is 27.5. The van der Waals surface area contributed by atoms with Crippen molar-refractivity contribution in [1.82, 2.24) is 0 Å². The zero-order valence-corrected chi connectivity index (χ0v) is 44.5. The average molecular weight is 963 g/mol. The van der Waals surface area contributed by atoms with Crippen LogP contribution in [0.15, 0.2) is 158 Å². The fourth-order valence-corrected chi connectivity index (χ4v) is 6.72. The van der Waals surface area contributed by atoms with Crippen LogP contribution in [0.3, 0.4) is 0 Å². The fraction of sp³-hybridized carbons (Fsp3) is 0.547. The first-order chi connectivity index (χ1) is 34.5. The van der Waals surface area contributed by atoms with Gasteiger partial charge in [0.25, 0.3) is 0 Å². The van der Waals surface area contributed by atoms with E-state index in [1.165, 1.54) is 19.3 Å². The molecule has 0 aromatic heterocycles. The topological polar surface area (TPSA) is 78.9 Å². The molecule has 0 aromatic carbocycles. The highest BCUT2D eigenvalue weighted by molar-refractivity contribution is 5.71. The summed E-state index contributed by atoms with van der Waals surface area (Å²) >= 11 is 0. The van der Waals surface area contributed by atoms with Crippen LogP contribution >= 0.6 is 0 Å². The molecule has 0 fully saturated rings. The fourth-order valence-electron chi connectivity index (χ4n) is 6.72.